The van der Waals surface area contributed by atoms with E-state index in [-0.39, 0.29) is 67.3 Å². The number of imide groups is 1. The molecule has 2 saturated carbocycles. The third-order valence-corrected chi connectivity index (χ3v) is 12.4. The second-order valence-corrected chi connectivity index (χ2v) is 18.7. The summed E-state index contributed by atoms with van der Waals surface area (Å²) in [7, 11) is 0. The largest absolute Gasteiger partial charge is 0.346 e. The summed E-state index contributed by atoms with van der Waals surface area (Å²) in [4.78, 5) is 97.7. The zero-order valence-corrected chi connectivity index (χ0v) is 33.5. The maximum atomic E-state index is 14.9. The Morgan fingerprint density at radius 2 is 1.53 bits per heavy atom. The Labute approximate surface area is 315 Å². The van der Waals surface area contributed by atoms with Crippen LogP contribution in [0.3, 0.4) is 0 Å². The highest BCUT2D eigenvalue weighted by molar-refractivity contribution is 6.38. The van der Waals surface area contributed by atoms with Gasteiger partial charge in [-0.15, -0.1) is 6.58 Å². The molecule has 0 radical (unpaired) electrons. The first-order chi connectivity index (χ1) is 24.6. The fraction of sp³-hybridized carbons (Fsp3) is 0.775. The van der Waals surface area contributed by atoms with Crippen molar-refractivity contribution in [1.82, 2.24) is 31.1 Å². The number of fused-ring (bicyclic) bond motifs is 1. The normalized spacial score (nSPS) is 26.0. The standard InChI is InChI=1S/C40H64N6O7/c1-11-16-25(31(49)34(51)41-19-12-2)42-33(50)30-29-24(39(29,8)9)22-46(30)35(52)32(40(10)17-14-13-15-18-40)44-36(53)43-26(37(3,4)5)23-45-27(47)20-38(6,7)21-28(45)48/h12,24-26,29-30,32H,2,11,13-23H2,1,3-10H3,(H,41,51)(H,42,50)(H2,43,44,53)/t24-,25?,26+,29-,30-,32+/m0/s1. The second kappa shape index (κ2) is 15.9. The number of nitrogens with one attached hydrogen (secondary N) is 4. The zero-order chi connectivity index (χ0) is 39.7. The number of nitrogens with zero attached hydrogens (tertiary/aromatic N) is 2. The first-order valence-corrected chi connectivity index (χ1v) is 19.5. The lowest BCUT2D eigenvalue weighted by Crippen LogP contribution is -2.64. The van der Waals surface area contributed by atoms with Crippen LogP contribution in [0.2, 0.25) is 0 Å². The van der Waals surface area contributed by atoms with Crippen molar-refractivity contribution < 1.29 is 33.6 Å². The van der Waals surface area contributed by atoms with E-state index >= 15 is 0 Å². The minimum atomic E-state index is -1.05. The molecule has 6 atom stereocenters. The smallest absolute Gasteiger partial charge is 0.315 e. The first-order valence-electron chi connectivity index (χ1n) is 19.5. The fourth-order valence-corrected chi connectivity index (χ4v) is 8.85. The molecule has 4 rings (SSSR count). The Hall–Kier alpha value is -3.77. The van der Waals surface area contributed by atoms with Gasteiger partial charge in [-0.05, 0) is 52.8 Å². The van der Waals surface area contributed by atoms with Crippen molar-refractivity contribution in [3.05, 3.63) is 12.7 Å². The van der Waals surface area contributed by atoms with Crippen molar-refractivity contribution in [2.75, 3.05) is 19.6 Å². The van der Waals surface area contributed by atoms with E-state index in [0.717, 1.165) is 19.3 Å². The molecular formula is C40H64N6O7. The third-order valence-electron chi connectivity index (χ3n) is 12.4. The predicted molar refractivity (Wildman–Crippen MR) is 201 cm³/mol. The van der Waals surface area contributed by atoms with Crippen molar-refractivity contribution in [3.63, 3.8) is 0 Å². The average molecular weight is 741 g/mol. The van der Waals surface area contributed by atoms with Gasteiger partial charge in [-0.2, -0.15) is 0 Å². The van der Waals surface area contributed by atoms with Crippen molar-refractivity contribution in [2.45, 2.75) is 144 Å². The van der Waals surface area contributed by atoms with Gasteiger partial charge >= 0.3 is 6.03 Å². The van der Waals surface area contributed by atoms with E-state index < -0.39 is 64.0 Å². The number of rotatable bonds is 14. The summed E-state index contributed by atoms with van der Waals surface area (Å²) in [6, 6.07) is -4.09. The topological polar surface area (TPSA) is 174 Å². The van der Waals surface area contributed by atoms with E-state index in [1.807, 2.05) is 48.5 Å². The Balaban J connectivity index is 1.58. The molecule has 296 valence electrons. The lowest BCUT2D eigenvalue weighted by Gasteiger charge is -2.44. The molecule has 4 N–H and O–H groups in total. The van der Waals surface area contributed by atoms with E-state index in [1.165, 1.54) is 11.0 Å². The highest BCUT2D eigenvalue weighted by Crippen LogP contribution is 2.65. The van der Waals surface area contributed by atoms with Crippen LogP contribution in [0.1, 0.15) is 120 Å². The summed E-state index contributed by atoms with van der Waals surface area (Å²) < 4.78 is 0. The van der Waals surface area contributed by atoms with Gasteiger partial charge in [0.25, 0.3) is 5.91 Å². The lowest BCUT2D eigenvalue weighted by atomic mass is 9.70. The zero-order valence-electron chi connectivity index (χ0n) is 33.5. The summed E-state index contributed by atoms with van der Waals surface area (Å²) in [6.45, 7) is 21.6. The molecule has 2 aliphatic heterocycles. The van der Waals surface area contributed by atoms with Gasteiger partial charge in [0.05, 0.1) is 12.1 Å². The number of amides is 7. The highest BCUT2D eigenvalue weighted by atomic mass is 16.2. The SMILES string of the molecule is C=CCNC(=O)C(=O)C(CCC)NC(=O)[C@@H]1[C@@H]2[C@H](CN1C(=O)[C@@H](NC(=O)N[C@H](CN1C(=O)CC(C)(C)CC1=O)C(C)(C)C)C1(C)CCCCC1)C2(C)C. The maximum Gasteiger partial charge on any atom is 0.315 e. The van der Waals surface area contributed by atoms with Crippen LogP contribution in [-0.4, -0.2) is 95.0 Å². The van der Waals surface area contributed by atoms with Crippen LogP contribution in [0.4, 0.5) is 4.79 Å². The van der Waals surface area contributed by atoms with Gasteiger partial charge in [0.1, 0.15) is 12.1 Å². The highest BCUT2D eigenvalue weighted by Gasteiger charge is 2.70. The number of ketones is 1. The molecule has 7 amide bonds. The quantitative estimate of drug-likeness (QED) is 0.119. The van der Waals surface area contributed by atoms with Crippen LogP contribution < -0.4 is 21.3 Å². The molecule has 2 heterocycles. The molecule has 0 bridgehead atoms. The number of urea groups is 1. The van der Waals surface area contributed by atoms with Gasteiger partial charge in [-0.1, -0.05) is 94.1 Å². The van der Waals surface area contributed by atoms with Gasteiger partial charge < -0.3 is 26.2 Å². The number of hydrogen-bond acceptors (Lipinski definition) is 7. The molecule has 0 spiro atoms. The molecule has 53 heavy (non-hydrogen) atoms. The van der Waals surface area contributed by atoms with Crippen molar-refractivity contribution >= 4 is 41.4 Å². The number of Topliss-reactive ketones (excluding diaryl/α,β-unsaturated/α-hetero) is 1. The number of carbonyl (C=O) groups is 7. The Morgan fingerprint density at radius 1 is 0.925 bits per heavy atom. The molecule has 4 fully saturated rings. The fourth-order valence-electron chi connectivity index (χ4n) is 8.85. The van der Waals surface area contributed by atoms with E-state index in [9.17, 15) is 33.6 Å². The van der Waals surface area contributed by atoms with Gasteiger partial charge in [-0.25, -0.2) is 4.79 Å². The molecule has 13 nitrogen and oxygen atoms in total. The number of hydrogen-bond donors (Lipinski definition) is 4. The van der Waals surface area contributed by atoms with Crippen LogP contribution in [0.15, 0.2) is 12.7 Å². The maximum absolute atomic E-state index is 14.9. The van der Waals surface area contributed by atoms with Crippen LogP contribution in [0.5, 0.6) is 0 Å². The summed E-state index contributed by atoms with van der Waals surface area (Å²) in [5, 5.41) is 11.4. The number of likely N-dealkylation sites (tertiary alicyclic amines) is 2. The van der Waals surface area contributed by atoms with Gasteiger partial charge in [0, 0.05) is 32.5 Å². The molecule has 13 heteroatoms. The van der Waals surface area contributed by atoms with Crippen molar-refractivity contribution in [3.8, 4) is 0 Å². The molecule has 0 aromatic heterocycles. The number of carbonyl (C=O) groups excluding carboxylic acids is 7. The minimum Gasteiger partial charge on any atom is -0.346 e. The summed E-state index contributed by atoms with van der Waals surface area (Å²) in [6.07, 6.45) is 6.94. The Morgan fingerprint density at radius 3 is 2.08 bits per heavy atom. The predicted octanol–water partition coefficient (Wildman–Crippen LogP) is 3.85. The Bertz CT molecular complexity index is 1460. The first kappa shape index (κ1) is 42.0. The van der Waals surface area contributed by atoms with Crippen LogP contribution in [-0.2, 0) is 28.8 Å². The van der Waals surface area contributed by atoms with E-state index in [4.69, 9.17) is 0 Å². The molecule has 0 aromatic carbocycles. The lowest BCUT2D eigenvalue weighted by molar-refractivity contribution is -0.153. The summed E-state index contributed by atoms with van der Waals surface area (Å²) in [5.41, 5.74) is -1.78. The molecule has 4 aliphatic rings. The van der Waals surface area contributed by atoms with E-state index in [1.54, 1.807) is 4.90 Å². The van der Waals surface area contributed by atoms with Gasteiger partial charge in [0.2, 0.25) is 29.4 Å². The Kier molecular flexibility index (Phi) is 12.6. The van der Waals surface area contributed by atoms with Gasteiger partial charge in [-0.3, -0.25) is 33.7 Å². The average Bonchev–Trinajstić information content (AvgIpc) is 3.36. The van der Waals surface area contributed by atoms with Gasteiger partial charge in [0.15, 0.2) is 0 Å². The minimum absolute atomic E-state index is 0.0105. The summed E-state index contributed by atoms with van der Waals surface area (Å²) in [5.74, 6) is -3.03. The van der Waals surface area contributed by atoms with Crippen LogP contribution in [0.25, 0.3) is 0 Å². The molecule has 2 aliphatic carbocycles. The molecular weight excluding hydrogens is 676 g/mol. The van der Waals surface area contributed by atoms with Crippen LogP contribution >= 0.6 is 0 Å². The van der Waals surface area contributed by atoms with Crippen molar-refractivity contribution in [2.24, 2.45) is 33.5 Å². The monoisotopic (exact) mass is 740 g/mol. The molecule has 1 unspecified atom stereocenters. The molecule has 0 aromatic rings. The molecule has 2 saturated heterocycles. The second-order valence-electron chi connectivity index (χ2n) is 18.7. The van der Waals surface area contributed by atoms with Crippen molar-refractivity contribution in [1.29, 1.82) is 0 Å². The summed E-state index contributed by atoms with van der Waals surface area (Å²) >= 11 is 0. The third kappa shape index (κ3) is 9.31. The van der Waals surface area contributed by atoms with E-state index in [0.29, 0.717) is 25.8 Å². The van der Waals surface area contributed by atoms with Crippen LogP contribution in [0, 0.1) is 33.5 Å². The van der Waals surface area contributed by atoms with E-state index in [2.05, 4.69) is 41.7 Å². The number of piperidine rings is 2.